The Balaban J connectivity index is 1.34. The Bertz CT molecular complexity index is 1030. The van der Waals surface area contributed by atoms with E-state index in [2.05, 4.69) is 10.00 Å². The summed E-state index contributed by atoms with van der Waals surface area (Å²) in [5.74, 6) is -0.0268. The molecule has 0 atom stereocenters. The smallest absolute Gasteiger partial charge is 0.336 e. The molecule has 5 nitrogen and oxygen atoms in total. The molecule has 2 heterocycles. The van der Waals surface area contributed by atoms with E-state index in [9.17, 15) is 18.0 Å². The Morgan fingerprint density at radius 2 is 1.61 bits per heavy atom. The molecule has 1 saturated heterocycles. The fourth-order valence-electron chi connectivity index (χ4n) is 3.78. The van der Waals surface area contributed by atoms with Gasteiger partial charge >= 0.3 is 6.18 Å². The zero-order valence-electron chi connectivity index (χ0n) is 16.9. The fraction of sp³-hybridized carbons (Fsp3) is 0.304. The standard InChI is InChI=1S/C23H23F3N4O/c24-23(25,26)21-7-2-5-19(15-21)16-28-10-12-29(13-11-28)22(31)20-6-1-4-18(14-20)17-30-9-3-8-27-30/h1-9,14-15H,10-13,16-17H2. The molecule has 1 aliphatic rings. The number of nitrogens with zero attached hydrogens (tertiary/aromatic N) is 4. The maximum Gasteiger partial charge on any atom is 0.416 e. The van der Waals surface area contributed by atoms with Crippen molar-refractivity contribution in [2.75, 3.05) is 26.2 Å². The number of benzene rings is 2. The van der Waals surface area contributed by atoms with Gasteiger partial charge in [-0.25, -0.2) is 0 Å². The lowest BCUT2D eigenvalue weighted by molar-refractivity contribution is -0.137. The number of amides is 1. The second-order valence-electron chi connectivity index (χ2n) is 7.67. The quantitative estimate of drug-likeness (QED) is 0.619. The molecule has 0 aliphatic carbocycles. The highest BCUT2D eigenvalue weighted by molar-refractivity contribution is 5.94. The molecule has 1 amide bonds. The van der Waals surface area contributed by atoms with Gasteiger partial charge in [0, 0.05) is 50.7 Å². The zero-order valence-corrected chi connectivity index (χ0v) is 16.9. The highest BCUT2D eigenvalue weighted by Crippen LogP contribution is 2.29. The van der Waals surface area contributed by atoms with Crippen molar-refractivity contribution < 1.29 is 18.0 Å². The van der Waals surface area contributed by atoms with Crippen LogP contribution in [0.4, 0.5) is 13.2 Å². The molecule has 0 saturated carbocycles. The molecule has 1 aromatic heterocycles. The lowest BCUT2D eigenvalue weighted by Gasteiger charge is -2.35. The van der Waals surface area contributed by atoms with Crippen molar-refractivity contribution in [2.45, 2.75) is 19.3 Å². The van der Waals surface area contributed by atoms with Crippen molar-refractivity contribution in [1.82, 2.24) is 19.6 Å². The Hall–Kier alpha value is -3.13. The summed E-state index contributed by atoms with van der Waals surface area (Å²) >= 11 is 0. The van der Waals surface area contributed by atoms with Crippen molar-refractivity contribution in [3.8, 4) is 0 Å². The molecule has 31 heavy (non-hydrogen) atoms. The maximum atomic E-state index is 12.9. The number of carbonyl (C=O) groups is 1. The number of hydrogen-bond acceptors (Lipinski definition) is 3. The van der Waals surface area contributed by atoms with E-state index in [0.717, 1.165) is 11.6 Å². The summed E-state index contributed by atoms with van der Waals surface area (Å²) in [5.41, 5.74) is 1.63. The molecule has 8 heteroatoms. The van der Waals surface area contributed by atoms with Crippen LogP contribution in [0, 0.1) is 0 Å². The van der Waals surface area contributed by atoms with Gasteiger partial charge in [-0.2, -0.15) is 18.3 Å². The summed E-state index contributed by atoms with van der Waals surface area (Å²) in [6.07, 6.45) is -0.751. The maximum absolute atomic E-state index is 12.9. The summed E-state index contributed by atoms with van der Waals surface area (Å²) in [6.45, 7) is 3.36. The number of hydrogen-bond donors (Lipinski definition) is 0. The first-order chi connectivity index (χ1) is 14.9. The molecule has 0 radical (unpaired) electrons. The summed E-state index contributed by atoms with van der Waals surface area (Å²) in [7, 11) is 0. The molecule has 0 unspecified atom stereocenters. The molecular formula is C23H23F3N4O. The van der Waals surface area contributed by atoms with E-state index in [0.29, 0.717) is 50.4 Å². The molecule has 0 bridgehead atoms. The fourth-order valence-corrected chi connectivity index (χ4v) is 3.78. The first-order valence-electron chi connectivity index (χ1n) is 10.1. The van der Waals surface area contributed by atoms with E-state index >= 15 is 0 Å². The second-order valence-corrected chi connectivity index (χ2v) is 7.67. The average Bonchev–Trinajstić information content (AvgIpc) is 3.27. The summed E-state index contributed by atoms with van der Waals surface area (Å²) < 4.78 is 40.6. The van der Waals surface area contributed by atoms with Crippen LogP contribution in [0.3, 0.4) is 0 Å². The van der Waals surface area contributed by atoms with E-state index in [1.165, 1.54) is 12.1 Å². The Kier molecular flexibility index (Phi) is 6.08. The number of halogens is 3. The van der Waals surface area contributed by atoms with Gasteiger partial charge in [-0.15, -0.1) is 0 Å². The van der Waals surface area contributed by atoms with Crippen molar-refractivity contribution in [2.24, 2.45) is 0 Å². The van der Waals surface area contributed by atoms with Crippen LogP contribution >= 0.6 is 0 Å². The van der Waals surface area contributed by atoms with Crippen molar-refractivity contribution in [1.29, 1.82) is 0 Å². The summed E-state index contributed by atoms with van der Waals surface area (Å²) in [5, 5.41) is 4.19. The minimum atomic E-state index is -4.34. The number of piperazine rings is 1. The predicted molar refractivity (Wildman–Crippen MR) is 110 cm³/mol. The molecule has 1 fully saturated rings. The number of alkyl halides is 3. The van der Waals surface area contributed by atoms with Gasteiger partial charge in [0.05, 0.1) is 12.1 Å². The van der Waals surface area contributed by atoms with Gasteiger partial charge in [-0.3, -0.25) is 14.4 Å². The normalized spacial score (nSPS) is 15.3. The molecule has 0 spiro atoms. The van der Waals surface area contributed by atoms with Crippen molar-refractivity contribution in [3.05, 3.63) is 89.2 Å². The van der Waals surface area contributed by atoms with Gasteiger partial charge in [0.25, 0.3) is 5.91 Å². The molecular weight excluding hydrogens is 405 g/mol. The first kappa shape index (κ1) is 21.1. The first-order valence-corrected chi connectivity index (χ1v) is 10.1. The van der Waals surface area contributed by atoms with Crippen LogP contribution in [0.2, 0.25) is 0 Å². The Morgan fingerprint density at radius 1 is 0.903 bits per heavy atom. The van der Waals surface area contributed by atoms with Gasteiger partial charge in [-0.05, 0) is 35.4 Å². The topological polar surface area (TPSA) is 41.4 Å². The molecule has 4 rings (SSSR count). The van der Waals surface area contributed by atoms with Crippen LogP contribution in [0.15, 0.2) is 67.0 Å². The predicted octanol–water partition coefficient (Wildman–Crippen LogP) is 3.91. The van der Waals surface area contributed by atoms with Crippen LogP contribution in [-0.2, 0) is 19.3 Å². The Labute approximate surface area is 178 Å². The Morgan fingerprint density at radius 3 is 2.29 bits per heavy atom. The van der Waals surface area contributed by atoms with Crippen LogP contribution in [0.1, 0.15) is 27.0 Å². The number of carbonyl (C=O) groups excluding carboxylic acids is 1. The van der Waals surface area contributed by atoms with Gasteiger partial charge < -0.3 is 4.90 Å². The van der Waals surface area contributed by atoms with E-state index in [1.54, 1.807) is 21.8 Å². The lowest BCUT2D eigenvalue weighted by Crippen LogP contribution is -2.48. The average molecular weight is 428 g/mol. The minimum absolute atomic E-state index is 0.0268. The van der Waals surface area contributed by atoms with Gasteiger partial charge in [-0.1, -0.05) is 30.3 Å². The third-order valence-electron chi connectivity index (χ3n) is 5.40. The molecule has 0 N–H and O–H groups in total. The third-order valence-corrected chi connectivity index (χ3v) is 5.40. The van der Waals surface area contributed by atoms with E-state index < -0.39 is 11.7 Å². The minimum Gasteiger partial charge on any atom is -0.336 e. The van der Waals surface area contributed by atoms with Gasteiger partial charge in [0.15, 0.2) is 0 Å². The largest absolute Gasteiger partial charge is 0.416 e. The van der Waals surface area contributed by atoms with Gasteiger partial charge in [0.1, 0.15) is 0 Å². The van der Waals surface area contributed by atoms with Crippen molar-refractivity contribution in [3.63, 3.8) is 0 Å². The van der Waals surface area contributed by atoms with E-state index in [-0.39, 0.29) is 5.91 Å². The van der Waals surface area contributed by atoms with E-state index in [4.69, 9.17) is 0 Å². The zero-order chi connectivity index (χ0) is 21.8. The highest BCUT2D eigenvalue weighted by atomic mass is 19.4. The monoisotopic (exact) mass is 428 g/mol. The third kappa shape index (κ3) is 5.32. The lowest BCUT2D eigenvalue weighted by atomic mass is 10.1. The van der Waals surface area contributed by atoms with Crippen LogP contribution < -0.4 is 0 Å². The number of rotatable bonds is 5. The van der Waals surface area contributed by atoms with Crippen LogP contribution in [0.5, 0.6) is 0 Å². The molecule has 1 aliphatic heterocycles. The van der Waals surface area contributed by atoms with E-state index in [1.807, 2.05) is 36.5 Å². The van der Waals surface area contributed by atoms with Crippen molar-refractivity contribution >= 4 is 5.91 Å². The molecule has 162 valence electrons. The SMILES string of the molecule is O=C(c1cccc(Cn2cccn2)c1)N1CCN(Cc2cccc(C(F)(F)F)c2)CC1. The summed E-state index contributed by atoms with van der Waals surface area (Å²) in [4.78, 5) is 16.8. The molecule has 3 aromatic rings. The second kappa shape index (κ2) is 8.93. The van der Waals surface area contributed by atoms with Crippen LogP contribution in [-0.4, -0.2) is 51.7 Å². The number of aromatic nitrogens is 2. The molecule has 2 aromatic carbocycles. The van der Waals surface area contributed by atoms with Crippen LogP contribution in [0.25, 0.3) is 0 Å². The van der Waals surface area contributed by atoms with Gasteiger partial charge in [0.2, 0.25) is 0 Å². The highest BCUT2D eigenvalue weighted by Gasteiger charge is 2.30. The summed E-state index contributed by atoms with van der Waals surface area (Å²) in [6, 6.07) is 14.8.